The number of rotatable bonds is 3. The molecular weight excluding hydrogens is 260 g/mol. The molecule has 98 valence electrons. The van der Waals surface area contributed by atoms with Crippen LogP contribution >= 0.6 is 12.4 Å². The molecule has 1 fully saturated rings. The zero-order valence-corrected chi connectivity index (χ0v) is 10.2. The minimum atomic E-state index is -0.835. The molecule has 1 aliphatic heterocycles. The second-order valence-electron chi connectivity index (χ2n) is 4.06. The number of carboxylic acids is 1. The van der Waals surface area contributed by atoms with E-state index in [1.807, 2.05) is 0 Å². The van der Waals surface area contributed by atoms with Gasteiger partial charge in [-0.05, 0) is 5.56 Å². The molecule has 18 heavy (non-hydrogen) atoms. The van der Waals surface area contributed by atoms with Crippen LogP contribution in [0.2, 0.25) is 0 Å². The Morgan fingerprint density at radius 1 is 1.33 bits per heavy atom. The first kappa shape index (κ1) is 14.4. The number of non-ortho nitro benzene ring substituents is 1. The van der Waals surface area contributed by atoms with Crippen LogP contribution in [-0.2, 0) is 4.79 Å². The number of nitro benzene ring substituents is 1. The number of aliphatic carboxylic acids is 1. The molecule has 0 aliphatic carbocycles. The first-order valence-corrected chi connectivity index (χ1v) is 5.27. The van der Waals surface area contributed by atoms with Crippen LogP contribution in [0.4, 0.5) is 5.69 Å². The fourth-order valence-corrected chi connectivity index (χ4v) is 2.13. The highest BCUT2D eigenvalue weighted by Gasteiger charge is 2.33. The lowest BCUT2D eigenvalue weighted by Gasteiger charge is -2.14. The van der Waals surface area contributed by atoms with Crippen LogP contribution in [-0.4, -0.2) is 29.1 Å². The molecule has 1 heterocycles. The highest BCUT2D eigenvalue weighted by molar-refractivity contribution is 5.85. The topological polar surface area (TPSA) is 92.5 Å². The number of hydrogen-bond acceptors (Lipinski definition) is 4. The summed E-state index contributed by atoms with van der Waals surface area (Å²) < 4.78 is 0. The van der Waals surface area contributed by atoms with Gasteiger partial charge < -0.3 is 10.4 Å². The molecule has 0 spiro atoms. The van der Waals surface area contributed by atoms with Gasteiger partial charge in [0.15, 0.2) is 0 Å². The number of nitrogens with zero attached hydrogens (tertiary/aromatic N) is 1. The zero-order valence-electron chi connectivity index (χ0n) is 9.41. The molecule has 6 nitrogen and oxygen atoms in total. The molecule has 1 aliphatic rings. The number of nitrogens with one attached hydrogen (secondary N) is 1. The SMILES string of the molecule is Cl.O=C(O)C1CNCC1c1ccc([N+](=O)[O-])cc1. The number of hydrogen-bond donors (Lipinski definition) is 2. The molecule has 2 rings (SSSR count). The van der Waals surface area contributed by atoms with E-state index >= 15 is 0 Å². The Balaban J connectivity index is 0.00000162. The van der Waals surface area contributed by atoms with Gasteiger partial charge in [-0.15, -0.1) is 12.4 Å². The Hall–Kier alpha value is -1.66. The summed E-state index contributed by atoms with van der Waals surface area (Å²) in [6, 6.07) is 6.08. The summed E-state index contributed by atoms with van der Waals surface area (Å²) in [5, 5.41) is 22.6. The molecule has 0 radical (unpaired) electrons. The van der Waals surface area contributed by atoms with Gasteiger partial charge in [-0.3, -0.25) is 14.9 Å². The lowest BCUT2D eigenvalue weighted by molar-refractivity contribution is -0.384. The van der Waals surface area contributed by atoms with Gasteiger partial charge in [0.05, 0.1) is 10.8 Å². The fourth-order valence-electron chi connectivity index (χ4n) is 2.13. The predicted molar refractivity (Wildman–Crippen MR) is 67.1 cm³/mol. The molecule has 1 aromatic carbocycles. The number of carboxylic acid groups (broad SMARTS) is 1. The van der Waals surface area contributed by atoms with Crippen molar-refractivity contribution in [2.45, 2.75) is 5.92 Å². The number of carbonyl (C=O) groups is 1. The van der Waals surface area contributed by atoms with Crippen LogP contribution in [0.3, 0.4) is 0 Å². The third kappa shape index (κ3) is 2.77. The molecule has 1 aromatic rings. The maximum Gasteiger partial charge on any atom is 0.308 e. The van der Waals surface area contributed by atoms with Crippen molar-refractivity contribution in [3.8, 4) is 0 Å². The molecular formula is C11H13ClN2O4. The molecule has 2 N–H and O–H groups in total. The molecule has 1 saturated heterocycles. The average Bonchev–Trinajstić information content (AvgIpc) is 2.78. The van der Waals surface area contributed by atoms with Crippen molar-refractivity contribution in [3.63, 3.8) is 0 Å². The van der Waals surface area contributed by atoms with Gasteiger partial charge in [-0.25, -0.2) is 0 Å². The van der Waals surface area contributed by atoms with Crippen molar-refractivity contribution in [3.05, 3.63) is 39.9 Å². The Kier molecular flexibility index (Phi) is 4.63. The monoisotopic (exact) mass is 272 g/mol. The third-order valence-electron chi connectivity index (χ3n) is 3.06. The van der Waals surface area contributed by atoms with Crippen molar-refractivity contribution in [2.24, 2.45) is 5.92 Å². The van der Waals surface area contributed by atoms with Crippen molar-refractivity contribution < 1.29 is 14.8 Å². The van der Waals surface area contributed by atoms with Gasteiger partial charge in [0, 0.05) is 31.1 Å². The average molecular weight is 273 g/mol. The smallest absolute Gasteiger partial charge is 0.308 e. The normalized spacial score (nSPS) is 22.2. The summed E-state index contributed by atoms with van der Waals surface area (Å²) in [4.78, 5) is 21.1. The highest BCUT2D eigenvalue weighted by Crippen LogP contribution is 2.29. The summed E-state index contributed by atoms with van der Waals surface area (Å²) in [6.45, 7) is 1.03. The Morgan fingerprint density at radius 2 is 1.94 bits per heavy atom. The van der Waals surface area contributed by atoms with Crippen LogP contribution in [0.5, 0.6) is 0 Å². The van der Waals surface area contributed by atoms with Gasteiger partial charge in [-0.2, -0.15) is 0 Å². The number of nitro groups is 1. The Bertz CT molecular complexity index is 449. The van der Waals surface area contributed by atoms with Crippen LogP contribution in [0.25, 0.3) is 0 Å². The minimum Gasteiger partial charge on any atom is -0.481 e. The van der Waals surface area contributed by atoms with E-state index in [1.54, 1.807) is 12.1 Å². The van der Waals surface area contributed by atoms with E-state index in [2.05, 4.69) is 5.32 Å². The van der Waals surface area contributed by atoms with E-state index in [-0.39, 0.29) is 24.0 Å². The quantitative estimate of drug-likeness (QED) is 0.641. The largest absolute Gasteiger partial charge is 0.481 e. The molecule has 0 aromatic heterocycles. The molecule has 2 unspecified atom stereocenters. The first-order valence-electron chi connectivity index (χ1n) is 5.27. The van der Waals surface area contributed by atoms with Crippen LogP contribution in [0.1, 0.15) is 11.5 Å². The van der Waals surface area contributed by atoms with Crippen molar-refractivity contribution in [1.82, 2.24) is 5.32 Å². The van der Waals surface area contributed by atoms with Crippen LogP contribution < -0.4 is 5.32 Å². The third-order valence-corrected chi connectivity index (χ3v) is 3.06. The second kappa shape index (κ2) is 5.79. The Labute approximate surface area is 110 Å². The number of benzene rings is 1. The van der Waals surface area contributed by atoms with Crippen LogP contribution in [0, 0.1) is 16.0 Å². The van der Waals surface area contributed by atoms with Gasteiger partial charge in [0.25, 0.3) is 5.69 Å². The summed E-state index contributed by atoms with van der Waals surface area (Å²) in [6.07, 6.45) is 0. The standard InChI is InChI=1S/C11H12N2O4.ClH/c14-11(15)10-6-12-5-9(10)7-1-3-8(4-2-7)13(16)17;/h1-4,9-10,12H,5-6H2,(H,14,15);1H. The van der Waals surface area contributed by atoms with Gasteiger partial charge >= 0.3 is 5.97 Å². The van der Waals surface area contributed by atoms with E-state index in [0.29, 0.717) is 13.1 Å². The molecule has 0 saturated carbocycles. The molecule has 0 bridgehead atoms. The minimum absolute atomic E-state index is 0. The van der Waals surface area contributed by atoms with E-state index in [1.165, 1.54) is 12.1 Å². The summed E-state index contributed by atoms with van der Waals surface area (Å²) >= 11 is 0. The van der Waals surface area contributed by atoms with E-state index in [4.69, 9.17) is 5.11 Å². The highest BCUT2D eigenvalue weighted by atomic mass is 35.5. The van der Waals surface area contributed by atoms with Gasteiger partial charge in [0.2, 0.25) is 0 Å². The maximum atomic E-state index is 11.0. The Morgan fingerprint density at radius 3 is 2.44 bits per heavy atom. The summed E-state index contributed by atoms with van der Waals surface area (Å²) in [5.74, 6) is -1.41. The molecule has 0 amide bonds. The van der Waals surface area contributed by atoms with Gasteiger partial charge in [0.1, 0.15) is 0 Å². The lowest BCUT2D eigenvalue weighted by atomic mass is 9.89. The van der Waals surface area contributed by atoms with Crippen molar-refractivity contribution in [2.75, 3.05) is 13.1 Å². The molecule has 2 atom stereocenters. The van der Waals surface area contributed by atoms with E-state index in [0.717, 1.165) is 5.56 Å². The predicted octanol–water partition coefficient (Wildman–Crippen LogP) is 1.40. The maximum absolute atomic E-state index is 11.0. The summed E-state index contributed by atoms with van der Waals surface area (Å²) in [5.41, 5.74) is 0.847. The molecule has 7 heteroatoms. The first-order chi connectivity index (χ1) is 8.09. The number of halogens is 1. The van der Waals surface area contributed by atoms with Crippen molar-refractivity contribution >= 4 is 24.1 Å². The fraction of sp³-hybridized carbons (Fsp3) is 0.364. The van der Waals surface area contributed by atoms with Crippen molar-refractivity contribution in [1.29, 1.82) is 0 Å². The van der Waals surface area contributed by atoms with E-state index in [9.17, 15) is 14.9 Å². The van der Waals surface area contributed by atoms with Gasteiger partial charge in [-0.1, -0.05) is 12.1 Å². The van der Waals surface area contributed by atoms with E-state index < -0.39 is 16.8 Å². The summed E-state index contributed by atoms with van der Waals surface area (Å²) in [7, 11) is 0. The van der Waals surface area contributed by atoms with Crippen LogP contribution in [0.15, 0.2) is 24.3 Å². The second-order valence-corrected chi connectivity index (χ2v) is 4.06. The lowest BCUT2D eigenvalue weighted by Crippen LogP contribution is -2.20. The zero-order chi connectivity index (χ0) is 12.4.